The van der Waals surface area contributed by atoms with Gasteiger partial charge in [-0.3, -0.25) is 19.3 Å². The zero-order valence-corrected chi connectivity index (χ0v) is 21.4. The summed E-state index contributed by atoms with van der Waals surface area (Å²) < 4.78 is 0. The molecule has 2 aliphatic rings. The monoisotopic (exact) mass is 477 g/mol. The van der Waals surface area contributed by atoms with Gasteiger partial charge in [-0.05, 0) is 98.3 Å². The Morgan fingerprint density at radius 1 is 1.18 bits per heavy atom. The molecular weight excluding hydrogens is 446 g/mol. The third-order valence-corrected chi connectivity index (χ3v) is 7.81. The molecule has 2 aliphatic heterocycles. The van der Waals surface area contributed by atoms with Gasteiger partial charge < -0.3 is 10.2 Å². The van der Waals surface area contributed by atoms with Crippen LogP contribution < -0.4 is 10.2 Å². The average molecular weight is 478 g/mol. The fraction of sp³-hybridized carbons (Fsp3) is 0.370. The van der Waals surface area contributed by atoms with Crippen molar-refractivity contribution in [3.63, 3.8) is 0 Å². The van der Waals surface area contributed by atoms with E-state index >= 15 is 0 Å². The normalized spacial score (nSPS) is 20.6. The van der Waals surface area contributed by atoms with E-state index in [9.17, 15) is 14.4 Å². The van der Waals surface area contributed by atoms with Crippen LogP contribution in [0, 0.1) is 13.8 Å². The summed E-state index contributed by atoms with van der Waals surface area (Å²) in [4.78, 5) is 41.8. The van der Waals surface area contributed by atoms with E-state index in [-0.39, 0.29) is 12.1 Å². The first-order valence-corrected chi connectivity index (χ1v) is 12.3. The van der Waals surface area contributed by atoms with Crippen LogP contribution in [-0.2, 0) is 9.59 Å². The quantitative estimate of drug-likeness (QED) is 0.572. The van der Waals surface area contributed by atoms with Crippen LogP contribution in [0.5, 0.6) is 0 Å². The number of nitrogens with zero attached hydrogens (tertiary/aromatic N) is 2. The lowest BCUT2D eigenvalue weighted by Gasteiger charge is -2.45. The maximum absolute atomic E-state index is 13.0. The van der Waals surface area contributed by atoms with Gasteiger partial charge in [0.2, 0.25) is 5.91 Å². The van der Waals surface area contributed by atoms with Gasteiger partial charge in [0.05, 0.1) is 4.91 Å². The lowest BCUT2D eigenvalue weighted by molar-refractivity contribution is -0.127. The Labute approximate surface area is 205 Å². The Kier molecular flexibility index (Phi) is 6.34. The second kappa shape index (κ2) is 8.95. The van der Waals surface area contributed by atoms with E-state index in [4.69, 9.17) is 0 Å². The Hall–Kier alpha value is -3.06. The number of rotatable bonds is 4. The molecule has 0 aromatic heterocycles. The van der Waals surface area contributed by atoms with Crippen molar-refractivity contribution in [1.82, 2.24) is 4.90 Å². The highest BCUT2D eigenvalue weighted by Gasteiger charge is 2.37. The number of carbonyl (C=O) groups is 3. The number of amides is 3. The van der Waals surface area contributed by atoms with Crippen LogP contribution in [0.15, 0.2) is 41.3 Å². The molecule has 0 bridgehead atoms. The molecule has 0 radical (unpaired) electrons. The van der Waals surface area contributed by atoms with Crippen LogP contribution in [0.4, 0.5) is 16.2 Å². The number of anilines is 2. The topological polar surface area (TPSA) is 69.7 Å². The van der Waals surface area contributed by atoms with Crippen molar-refractivity contribution in [2.75, 3.05) is 23.8 Å². The Morgan fingerprint density at radius 3 is 2.59 bits per heavy atom. The van der Waals surface area contributed by atoms with Crippen molar-refractivity contribution in [2.45, 2.75) is 52.5 Å². The van der Waals surface area contributed by atoms with Crippen LogP contribution in [0.2, 0.25) is 0 Å². The minimum Gasteiger partial charge on any atom is -0.369 e. The van der Waals surface area contributed by atoms with Gasteiger partial charge in [0.15, 0.2) is 0 Å². The number of benzene rings is 2. The summed E-state index contributed by atoms with van der Waals surface area (Å²) in [5.74, 6) is -0.449. The van der Waals surface area contributed by atoms with Gasteiger partial charge in [-0.25, -0.2) is 0 Å². The molecule has 1 fully saturated rings. The molecular formula is C27H31N3O3S. The van der Waals surface area contributed by atoms with Crippen LogP contribution in [-0.4, -0.2) is 41.1 Å². The van der Waals surface area contributed by atoms with Crippen LogP contribution in [0.25, 0.3) is 6.08 Å². The van der Waals surface area contributed by atoms with E-state index in [2.05, 4.69) is 50.2 Å². The van der Waals surface area contributed by atoms with Gasteiger partial charge >= 0.3 is 0 Å². The molecule has 2 aromatic carbocycles. The summed E-state index contributed by atoms with van der Waals surface area (Å²) in [7, 11) is 2.12. The summed E-state index contributed by atoms with van der Waals surface area (Å²) in [6.07, 6.45) is 2.82. The number of para-hydroxylation sites is 1. The molecule has 3 amide bonds. The van der Waals surface area contributed by atoms with Gasteiger partial charge in [0.25, 0.3) is 11.1 Å². The molecule has 178 valence electrons. The maximum atomic E-state index is 13.0. The Bertz CT molecular complexity index is 1220. The molecule has 2 heterocycles. The van der Waals surface area contributed by atoms with Crippen molar-refractivity contribution in [2.24, 2.45) is 0 Å². The molecule has 0 aliphatic carbocycles. The highest BCUT2D eigenvalue weighted by molar-refractivity contribution is 8.18. The zero-order chi connectivity index (χ0) is 24.8. The fourth-order valence-corrected chi connectivity index (χ4v) is 5.54. The fourth-order valence-electron chi connectivity index (χ4n) is 4.71. The first kappa shape index (κ1) is 24.1. The Balaban J connectivity index is 1.55. The van der Waals surface area contributed by atoms with E-state index in [1.807, 2.05) is 32.0 Å². The summed E-state index contributed by atoms with van der Waals surface area (Å²) in [5.41, 5.74) is 6.07. The number of hydrogen-bond acceptors (Lipinski definition) is 5. The third-order valence-electron chi connectivity index (χ3n) is 6.90. The SMILES string of the molecule is Cc1cc2c(cc1/C=C1\SC(=O)N(CC(=O)Nc3ccccc3C)C1=O)[C@H](C)CC(C)(C)N2C. The van der Waals surface area contributed by atoms with Crippen molar-refractivity contribution >= 4 is 46.3 Å². The summed E-state index contributed by atoms with van der Waals surface area (Å²) in [5, 5.41) is 2.35. The molecule has 1 N–H and O–H groups in total. The number of thioether (sulfide) groups is 1. The lowest BCUT2D eigenvalue weighted by atomic mass is 9.79. The van der Waals surface area contributed by atoms with E-state index < -0.39 is 17.1 Å². The first-order valence-electron chi connectivity index (χ1n) is 11.5. The Morgan fingerprint density at radius 2 is 1.88 bits per heavy atom. The maximum Gasteiger partial charge on any atom is 0.294 e. The molecule has 2 aromatic rings. The number of nitrogens with one attached hydrogen (secondary N) is 1. The number of carbonyl (C=O) groups excluding carboxylic acids is 3. The number of aryl methyl sites for hydroxylation is 2. The standard InChI is InChI=1S/C27H31N3O3S/c1-16-9-7-8-10-21(16)28-24(31)15-30-25(32)23(34-26(30)33)13-19-12-20-18(3)14-27(4,5)29(6)22(20)11-17(19)2/h7-13,18H,14-15H2,1-6H3,(H,28,31)/b23-13-/t18-/m1/s1. The molecule has 4 rings (SSSR count). The summed E-state index contributed by atoms with van der Waals surface area (Å²) >= 11 is 0.883. The van der Waals surface area contributed by atoms with Crippen molar-refractivity contribution in [3.05, 3.63) is 63.6 Å². The summed E-state index contributed by atoms with van der Waals surface area (Å²) in [6.45, 7) is 10.3. The van der Waals surface area contributed by atoms with Crippen molar-refractivity contribution in [3.8, 4) is 0 Å². The highest BCUT2D eigenvalue weighted by Crippen LogP contribution is 2.44. The smallest absolute Gasteiger partial charge is 0.294 e. The van der Waals surface area contributed by atoms with E-state index in [0.29, 0.717) is 16.5 Å². The average Bonchev–Trinajstić information content (AvgIpc) is 3.02. The summed E-state index contributed by atoms with van der Waals surface area (Å²) in [6, 6.07) is 11.7. The van der Waals surface area contributed by atoms with Gasteiger partial charge in [0.1, 0.15) is 6.54 Å². The van der Waals surface area contributed by atoms with Gasteiger partial charge in [-0.1, -0.05) is 25.1 Å². The molecule has 0 saturated carbocycles. The van der Waals surface area contributed by atoms with E-state index in [1.54, 1.807) is 12.1 Å². The zero-order valence-electron chi connectivity index (χ0n) is 20.6. The number of fused-ring (bicyclic) bond motifs is 1. The van der Waals surface area contributed by atoms with Crippen LogP contribution in [0.3, 0.4) is 0 Å². The minimum absolute atomic E-state index is 0.0713. The van der Waals surface area contributed by atoms with Crippen molar-refractivity contribution < 1.29 is 14.4 Å². The minimum atomic E-state index is -0.432. The predicted molar refractivity (Wildman–Crippen MR) is 139 cm³/mol. The first-order chi connectivity index (χ1) is 16.0. The second-order valence-electron chi connectivity index (χ2n) is 9.88. The molecule has 7 heteroatoms. The molecule has 0 unspecified atom stereocenters. The van der Waals surface area contributed by atoms with Crippen LogP contribution >= 0.6 is 11.8 Å². The predicted octanol–water partition coefficient (Wildman–Crippen LogP) is 5.70. The number of hydrogen-bond donors (Lipinski definition) is 1. The lowest BCUT2D eigenvalue weighted by Crippen LogP contribution is -2.45. The van der Waals surface area contributed by atoms with E-state index in [0.717, 1.165) is 39.8 Å². The van der Waals surface area contributed by atoms with Gasteiger partial charge in [-0.2, -0.15) is 0 Å². The highest BCUT2D eigenvalue weighted by atomic mass is 32.2. The molecule has 0 spiro atoms. The third kappa shape index (κ3) is 4.49. The van der Waals surface area contributed by atoms with Gasteiger partial charge in [-0.15, -0.1) is 0 Å². The van der Waals surface area contributed by atoms with Crippen LogP contribution in [0.1, 0.15) is 55.4 Å². The van der Waals surface area contributed by atoms with E-state index in [1.165, 1.54) is 11.3 Å². The largest absolute Gasteiger partial charge is 0.369 e. The number of imide groups is 1. The second-order valence-corrected chi connectivity index (χ2v) is 10.9. The molecule has 6 nitrogen and oxygen atoms in total. The van der Waals surface area contributed by atoms with Crippen molar-refractivity contribution in [1.29, 1.82) is 0 Å². The van der Waals surface area contributed by atoms with Gasteiger partial charge in [0, 0.05) is 24.0 Å². The molecule has 34 heavy (non-hydrogen) atoms. The molecule has 1 saturated heterocycles. The molecule has 1 atom stereocenters.